The zero-order valence-corrected chi connectivity index (χ0v) is 11.4. The highest BCUT2D eigenvalue weighted by atomic mass is 16.3. The summed E-state index contributed by atoms with van der Waals surface area (Å²) in [4.78, 5) is 0. The molecule has 0 saturated heterocycles. The Morgan fingerprint density at radius 1 is 1.35 bits per heavy atom. The molecule has 1 aromatic rings. The highest BCUT2D eigenvalue weighted by Gasteiger charge is 2.16. The van der Waals surface area contributed by atoms with E-state index in [1.165, 1.54) is 11.3 Å². The van der Waals surface area contributed by atoms with E-state index in [1.54, 1.807) is 0 Å². The molecule has 0 aromatic carbocycles. The molecule has 0 aliphatic heterocycles. The molecule has 1 rings (SSSR count). The number of aromatic nitrogens is 2. The average molecular weight is 239 g/mol. The first-order valence-corrected chi connectivity index (χ1v) is 6.40. The van der Waals surface area contributed by atoms with Gasteiger partial charge in [0.25, 0.3) is 0 Å². The molecule has 1 aromatic heterocycles. The summed E-state index contributed by atoms with van der Waals surface area (Å²) >= 11 is 0. The molecule has 0 aliphatic rings. The van der Waals surface area contributed by atoms with Gasteiger partial charge in [-0.05, 0) is 38.7 Å². The lowest BCUT2D eigenvalue weighted by Crippen LogP contribution is -2.34. The first kappa shape index (κ1) is 14.2. The van der Waals surface area contributed by atoms with Gasteiger partial charge in [0.05, 0.1) is 11.8 Å². The maximum atomic E-state index is 9.95. The van der Waals surface area contributed by atoms with Crippen LogP contribution in [-0.2, 0) is 13.5 Å². The molecule has 0 amide bonds. The van der Waals surface area contributed by atoms with Crippen LogP contribution >= 0.6 is 0 Å². The van der Waals surface area contributed by atoms with Gasteiger partial charge in [0.15, 0.2) is 0 Å². The van der Waals surface area contributed by atoms with Crippen LogP contribution in [0, 0.1) is 13.8 Å². The molecule has 3 N–H and O–H groups in total. The number of aliphatic hydroxyl groups excluding tert-OH is 1. The highest BCUT2D eigenvalue weighted by Crippen LogP contribution is 2.16. The SMILES string of the molecule is CCCC(N)C(O)CCc1c(C)nn(C)c1C. The quantitative estimate of drug-likeness (QED) is 0.790. The van der Waals surface area contributed by atoms with Gasteiger partial charge in [0.2, 0.25) is 0 Å². The molecule has 2 atom stereocenters. The monoisotopic (exact) mass is 239 g/mol. The number of rotatable bonds is 6. The maximum absolute atomic E-state index is 9.95. The topological polar surface area (TPSA) is 64.1 Å². The van der Waals surface area contributed by atoms with Crippen molar-refractivity contribution < 1.29 is 5.11 Å². The Kier molecular flexibility index (Phi) is 5.15. The normalized spacial score (nSPS) is 14.9. The van der Waals surface area contributed by atoms with E-state index in [0.717, 1.165) is 25.0 Å². The smallest absolute Gasteiger partial charge is 0.0694 e. The van der Waals surface area contributed by atoms with Gasteiger partial charge in [-0.3, -0.25) is 4.68 Å². The molecule has 4 nitrogen and oxygen atoms in total. The lowest BCUT2D eigenvalue weighted by atomic mass is 9.99. The second kappa shape index (κ2) is 6.17. The average Bonchev–Trinajstić information content (AvgIpc) is 2.51. The molecule has 4 heteroatoms. The third kappa shape index (κ3) is 3.54. The predicted molar refractivity (Wildman–Crippen MR) is 69.9 cm³/mol. The fourth-order valence-corrected chi connectivity index (χ4v) is 2.21. The van der Waals surface area contributed by atoms with E-state index < -0.39 is 6.10 Å². The summed E-state index contributed by atoms with van der Waals surface area (Å²) in [6.45, 7) is 6.16. The number of aryl methyl sites for hydroxylation is 2. The molecular weight excluding hydrogens is 214 g/mol. The Hall–Kier alpha value is -0.870. The van der Waals surface area contributed by atoms with Gasteiger partial charge in [0.1, 0.15) is 0 Å². The molecule has 0 spiro atoms. The number of aliphatic hydroxyl groups is 1. The Morgan fingerprint density at radius 2 is 2.00 bits per heavy atom. The minimum Gasteiger partial charge on any atom is -0.392 e. The third-order valence-electron chi connectivity index (χ3n) is 3.47. The zero-order chi connectivity index (χ0) is 13.0. The maximum Gasteiger partial charge on any atom is 0.0694 e. The van der Waals surface area contributed by atoms with Crippen LogP contribution in [0.3, 0.4) is 0 Å². The lowest BCUT2D eigenvalue weighted by Gasteiger charge is -2.18. The van der Waals surface area contributed by atoms with E-state index >= 15 is 0 Å². The van der Waals surface area contributed by atoms with Gasteiger partial charge in [-0.15, -0.1) is 0 Å². The van der Waals surface area contributed by atoms with E-state index in [0.29, 0.717) is 6.42 Å². The van der Waals surface area contributed by atoms with Crippen molar-refractivity contribution in [2.45, 2.75) is 58.6 Å². The summed E-state index contributed by atoms with van der Waals surface area (Å²) in [5, 5.41) is 14.3. The van der Waals surface area contributed by atoms with Crippen molar-refractivity contribution in [1.82, 2.24) is 9.78 Å². The van der Waals surface area contributed by atoms with Crippen molar-refractivity contribution in [3.8, 4) is 0 Å². The summed E-state index contributed by atoms with van der Waals surface area (Å²) in [6.07, 6.45) is 3.06. The van der Waals surface area contributed by atoms with Crippen LogP contribution in [0.5, 0.6) is 0 Å². The lowest BCUT2D eigenvalue weighted by molar-refractivity contribution is 0.131. The second-order valence-electron chi connectivity index (χ2n) is 4.83. The largest absolute Gasteiger partial charge is 0.392 e. The second-order valence-corrected chi connectivity index (χ2v) is 4.83. The fourth-order valence-electron chi connectivity index (χ4n) is 2.21. The molecule has 0 radical (unpaired) electrons. The third-order valence-corrected chi connectivity index (χ3v) is 3.47. The van der Waals surface area contributed by atoms with E-state index in [2.05, 4.69) is 18.9 Å². The predicted octanol–water partition coefficient (Wildman–Crippen LogP) is 1.46. The Balaban J connectivity index is 2.55. The van der Waals surface area contributed by atoms with Crippen LogP contribution in [0.2, 0.25) is 0 Å². The van der Waals surface area contributed by atoms with Crippen molar-refractivity contribution in [3.63, 3.8) is 0 Å². The molecule has 1 heterocycles. The minimum absolute atomic E-state index is 0.0997. The first-order chi connectivity index (χ1) is 7.97. The zero-order valence-electron chi connectivity index (χ0n) is 11.4. The standard InChI is InChI=1S/C13H25N3O/c1-5-6-12(14)13(17)8-7-11-9(2)15-16(4)10(11)3/h12-13,17H,5-8,14H2,1-4H3. The molecule has 0 bridgehead atoms. The molecule has 98 valence electrons. The Morgan fingerprint density at radius 3 is 2.47 bits per heavy atom. The van der Waals surface area contributed by atoms with E-state index in [1.807, 2.05) is 18.7 Å². The van der Waals surface area contributed by atoms with Crippen molar-refractivity contribution in [2.75, 3.05) is 0 Å². The van der Waals surface area contributed by atoms with Gasteiger partial charge in [-0.1, -0.05) is 13.3 Å². The van der Waals surface area contributed by atoms with Crippen LogP contribution < -0.4 is 5.73 Å². The van der Waals surface area contributed by atoms with E-state index in [9.17, 15) is 5.11 Å². The van der Waals surface area contributed by atoms with Crippen molar-refractivity contribution in [1.29, 1.82) is 0 Å². The summed E-state index contributed by atoms with van der Waals surface area (Å²) in [5.74, 6) is 0. The number of hydrogen-bond acceptors (Lipinski definition) is 3. The number of nitrogens with two attached hydrogens (primary N) is 1. The van der Waals surface area contributed by atoms with Crippen LogP contribution in [0.4, 0.5) is 0 Å². The highest BCUT2D eigenvalue weighted by molar-refractivity contribution is 5.24. The molecule has 0 aliphatic carbocycles. The van der Waals surface area contributed by atoms with Gasteiger partial charge in [-0.2, -0.15) is 5.10 Å². The minimum atomic E-state index is -0.408. The van der Waals surface area contributed by atoms with E-state index in [4.69, 9.17) is 5.73 Å². The van der Waals surface area contributed by atoms with Crippen molar-refractivity contribution in [2.24, 2.45) is 12.8 Å². The Bertz CT molecular complexity index is 360. The van der Waals surface area contributed by atoms with Crippen LogP contribution in [0.1, 0.15) is 43.1 Å². The molecule has 17 heavy (non-hydrogen) atoms. The van der Waals surface area contributed by atoms with E-state index in [-0.39, 0.29) is 6.04 Å². The number of hydrogen-bond donors (Lipinski definition) is 2. The summed E-state index contributed by atoms with van der Waals surface area (Å²) in [7, 11) is 1.95. The fraction of sp³-hybridized carbons (Fsp3) is 0.769. The Labute approximate surface area is 104 Å². The molecule has 0 fully saturated rings. The van der Waals surface area contributed by atoms with Gasteiger partial charge in [0, 0.05) is 18.8 Å². The summed E-state index contributed by atoms with van der Waals surface area (Å²) in [5.41, 5.74) is 9.38. The molecule has 0 saturated carbocycles. The van der Waals surface area contributed by atoms with Crippen molar-refractivity contribution in [3.05, 3.63) is 17.0 Å². The van der Waals surface area contributed by atoms with Crippen LogP contribution in [0.15, 0.2) is 0 Å². The van der Waals surface area contributed by atoms with Gasteiger partial charge < -0.3 is 10.8 Å². The molecule has 2 unspecified atom stereocenters. The first-order valence-electron chi connectivity index (χ1n) is 6.40. The van der Waals surface area contributed by atoms with Crippen LogP contribution in [-0.4, -0.2) is 27.0 Å². The van der Waals surface area contributed by atoms with Crippen molar-refractivity contribution >= 4 is 0 Å². The molecular formula is C13H25N3O. The van der Waals surface area contributed by atoms with Crippen LogP contribution in [0.25, 0.3) is 0 Å². The number of nitrogens with zero attached hydrogens (tertiary/aromatic N) is 2. The van der Waals surface area contributed by atoms with Gasteiger partial charge in [-0.25, -0.2) is 0 Å². The summed E-state index contributed by atoms with van der Waals surface area (Å²) < 4.78 is 1.89. The summed E-state index contributed by atoms with van der Waals surface area (Å²) in [6, 6.07) is -0.0997. The van der Waals surface area contributed by atoms with Gasteiger partial charge >= 0.3 is 0 Å².